The van der Waals surface area contributed by atoms with Gasteiger partial charge in [0, 0.05) is 5.69 Å². The summed E-state index contributed by atoms with van der Waals surface area (Å²) in [6, 6.07) is 4.92. The van der Waals surface area contributed by atoms with Gasteiger partial charge >= 0.3 is 0 Å². The number of nitrogens with one attached hydrogen (secondary N) is 2. The molecule has 4 nitrogen and oxygen atoms in total. The van der Waals surface area contributed by atoms with Crippen LogP contribution < -0.4 is 16.6 Å². The zero-order valence-electron chi connectivity index (χ0n) is 10.5. The Labute approximate surface area is 106 Å². The van der Waals surface area contributed by atoms with Crippen LogP contribution in [0.15, 0.2) is 23.2 Å². The number of aryl methyl sites for hydroxylation is 1. The lowest BCUT2D eigenvalue weighted by molar-refractivity contribution is 0.627. The van der Waals surface area contributed by atoms with E-state index in [9.17, 15) is 4.39 Å². The quantitative estimate of drug-likeness (QED) is 0.327. The van der Waals surface area contributed by atoms with Gasteiger partial charge in [-0.1, -0.05) is 12.8 Å². The average Bonchev–Trinajstić information content (AvgIpc) is 2.84. The number of anilines is 1. The first kappa shape index (κ1) is 12.8. The number of aliphatic imine (C=N–C) groups is 1. The van der Waals surface area contributed by atoms with Crippen molar-refractivity contribution in [2.75, 3.05) is 5.32 Å². The summed E-state index contributed by atoms with van der Waals surface area (Å²) < 4.78 is 13.0. The molecule has 0 radical (unpaired) electrons. The second kappa shape index (κ2) is 5.82. The van der Waals surface area contributed by atoms with Crippen LogP contribution in [0.1, 0.15) is 31.2 Å². The van der Waals surface area contributed by atoms with Crippen molar-refractivity contribution in [3.05, 3.63) is 29.6 Å². The van der Waals surface area contributed by atoms with Gasteiger partial charge in [-0.3, -0.25) is 5.43 Å². The average molecular weight is 250 g/mol. The molecule has 0 aliphatic heterocycles. The third-order valence-electron chi connectivity index (χ3n) is 3.21. The summed E-state index contributed by atoms with van der Waals surface area (Å²) in [6.45, 7) is 1.84. The first-order chi connectivity index (χ1) is 8.69. The third kappa shape index (κ3) is 3.20. The molecule has 1 aromatic rings. The highest BCUT2D eigenvalue weighted by Crippen LogP contribution is 2.21. The molecule has 1 saturated carbocycles. The molecule has 0 aromatic heterocycles. The van der Waals surface area contributed by atoms with Gasteiger partial charge < -0.3 is 5.32 Å². The second-order valence-corrected chi connectivity index (χ2v) is 4.64. The molecule has 98 valence electrons. The number of nitrogens with zero attached hydrogens (tertiary/aromatic N) is 1. The molecule has 0 bridgehead atoms. The summed E-state index contributed by atoms with van der Waals surface area (Å²) in [4.78, 5) is 4.53. The number of hydrogen-bond acceptors (Lipinski definition) is 2. The van der Waals surface area contributed by atoms with Crippen LogP contribution in [-0.2, 0) is 0 Å². The van der Waals surface area contributed by atoms with E-state index in [2.05, 4.69) is 15.7 Å². The first-order valence-corrected chi connectivity index (χ1v) is 6.26. The Balaban J connectivity index is 2.09. The highest BCUT2D eigenvalue weighted by atomic mass is 19.1. The second-order valence-electron chi connectivity index (χ2n) is 4.64. The Morgan fingerprint density at radius 1 is 1.39 bits per heavy atom. The van der Waals surface area contributed by atoms with Gasteiger partial charge in [-0.15, -0.1) is 0 Å². The van der Waals surface area contributed by atoms with Gasteiger partial charge in [0.2, 0.25) is 5.96 Å². The number of hydrogen-bond donors (Lipinski definition) is 3. The Morgan fingerprint density at radius 2 is 2.11 bits per heavy atom. The monoisotopic (exact) mass is 250 g/mol. The molecule has 0 amide bonds. The van der Waals surface area contributed by atoms with E-state index in [-0.39, 0.29) is 5.82 Å². The summed E-state index contributed by atoms with van der Waals surface area (Å²) in [5.74, 6) is 5.76. The largest absolute Gasteiger partial charge is 0.325 e. The number of nitrogens with two attached hydrogens (primary N) is 1. The van der Waals surface area contributed by atoms with Crippen molar-refractivity contribution >= 4 is 11.6 Å². The van der Waals surface area contributed by atoms with Crippen LogP contribution in [0.25, 0.3) is 0 Å². The fourth-order valence-electron chi connectivity index (χ4n) is 2.22. The van der Waals surface area contributed by atoms with Crippen LogP contribution in [0.2, 0.25) is 0 Å². The lowest BCUT2D eigenvalue weighted by Gasteiger charge is -2.13. The van der Waals surface area contributed by atoms with Gasteiger partial charge in [-0.05, 0) is 43.5 Å². The van der Waals surface area contributed by atoms with Crippen molar-refractivity contribution in [3.8, 4) is 0 Å². The van der Waals surface area contributed by atoms with Gasteiger partial charge in [0.25, 0.3) is 0 Å². The molecule has 0 unspecified atom stereocenters. The molecule has 2 rings (SSSR count). The Hall–Kier alpha value is -1.62. The van der Waals surface area contributed by atoms with Crippen LogP contribution >= 0.6 is 0 Å². The number of halogens is 1. The molecule has 1 aliphatic carbocycles. The van der Waals surface area contributed by atoms with E-state index in [1.54, 1.807) is 6.07 Å². The van der Waals surface area contributed by atoms with Gasteiger partial charge in [0.15, 0.2) is 0 Å². The van der Waals surface area contributed by atoms with Crippen LogP contribution in [0.3, 0.4) is 0 Å². The predicted molar refractivity (Wildman–Crippen MR) is 71.8 cm³/mol. The molecule has 4 N–H and O–H groups in total. The minimum Gasteiger partial charge on any atom is -0.325 e. The summed E-state index contributed by atoms with van der Waals surface area (Å²) in [5, 5.41) is 3.10. The van der Waals surface area contributed by atoms with Crippen LogP contribution in [0.5, 0.6) is 0 Å². The van der Waals surface area contributed by atoms with Gasteiger partial charge in [-0.2, -0.15) is 0 Å². The lowest BCUT2D eigenvalue weighted by Crippen LogP contribution is -2.37. The maximum atomic E-state index is 13.0. The molecule has 1 fully saturated rings. The maximum Gasteiger partial charge on any atom is 0.210 e. The van der Waals surface area contributed by atoms with E-state index < -0.39 is 0 Å². The van der Waals surface area contributed by atoms with E-state index in [0.29, 0.717) is 12.0 Å². The summed E-state index contributed by atoms with van der Waals surface area (Å²) in [7, 11) is 0. The van der Waals surface area contributed by atoms with Crippen molar-refractivity contribution in [2.45, 2.75) is 38.6 Å². The summed E-state index contributed by atoms with van der Waals surface area (Å²) in [5.41, 5.74) is 4.20. The highest BCUT2D eigenvalue weighted by Gasteiger charge is 2.14. The van der Waals surface area contributed by atoms with Crippen LogP contribution in [-0.4, -0.2) is 12.0 Å². The van der Waals surface area contributed by atoms with Crippen molar-refractivity contribution in [3.63, 3.8) is 0 Å². The van der Waals surface area contributed by atoms with E-state index >= 15 is 0 Å². The number of guanidine groups is 1. The fourth-order valence-corrected chi connectivity index (χ4v) is 2.22. The summed E-state index contributed by atoms with van der Waals surface area (Å²) in [6.07, 6.45) is 4.66. The zero-order chi connectivity index (χ0) is 13.0. The Morgan fingerprint density at radius 3 is 2.72 bits per heavy atom. The van der Waals surface area contributed by atoms with Gasteiger partial charge in [-0.25, -0.2) is 15.2 Å². The lowest BCUT2D eigenvalue weighted by atomic mass is 10.2. The predicted octanol–water partition coefficient (Wildman–Crippen LogP) is 2.31. The maximum absolute atomic E-state index is 13.0. The van der Waals surface area contributed by atoms with Crippen molar-refractivity contribution in [2.24, 2.45) is 10.8 Å². The minimum atomic E-state index is -0.243. The molecule has 0 atom stereocenters. The Bertz CT molecular complexity index is 439. The minimum absolute atomic E-state index is 0.243. The number of hydrazine groups is 1. The highest BCUT2D eigenvalue weighted by molar-refractivity contribution is 5.94. The van der Waals surface area contributed by atoms with Gasteiger partial charge in [0.05, 0.1) is 6.04 Å². The Kier molecular flexibility index (Phi) is 4.15. The number of rotatable bonds is 2. The van der Waals surface area contributed by atoms with Crippen LogP contribution in [0.4, 0.5) is 10.1 Å². The van der Waals surface area contributed by atoms with E-state index in [1.165, 1.54) is 25.0 Å². The first-order valence-electron chi connectivity index (χ1n) is 6.26. The normalized spacial score (nSPS) is 16.9. The number of benzene rings is 1. The standard InChI is InChI=1S/C13H19FN4/c1-9-8-10(14)6-7-12(9)17-13(18-15)16-11-4-2-3-5-11/h6-8,11H,2-5,15H2,1H3,(H2,16,17,18). The molecule has 0 heterocycles. The smallest absolute Gasteiger partial charge is 0.210 e. The van der Waals surface area contributed by atoms with Gasteiger partial charge in [0.1, 0.15) is 5.82 Å². The third-order valence-corrected chi connectivity index (χ3v) is 3.21. The molecule has 5 heteroatoms. The molecule has 0 saturated heterocycles. The van der Waals surface area contributed by atoms with Crippen molar-refractivity contribution in [1.82, 2.24) is 5.43 Å². The SMILES string of the molecule is Cc1cc(F)ccc1NC(=NC1CCCC1)NN. The molecular weight excluding hydrogens is 231 g/mol. The van der Waals surface area contributed by atoms with Crippen molar-refractivity contribution < 1.29 is 4.39 Å². The zero-order valence-corrected chi connectivity index (χ0v) is 10.5. The fraction of sp³-hybridized carbons (Fsp3) is 0.462. The van der Waals surface area contributed by atoms with Crippen molar-refractivity contribution in [1.29, 1.82) is 0 Å². The van der Waals surface area contributed by atoms with E-state index in [0.717, 1.165) is 24.1 Å². The van der Waals surface area contributed by atoms with E-state index in [4.69, 9.17) is 5.84 Å². The van der Waals surface area contributed by atoms with E-state index in [1.807, 2.05) is 6.92 Å². The van der Waals surface area contributed by atoms with Crippen LogP contribution in [0, 0.1) is 12.7 Å². The topological polar surface area (TPSA) is 62.4 Å². The molecule has 0 spiro atoms. The molecule has 1 aliphatic rings. The molecular formula is C13H19FN4. The molecule has 18 heavy (non-hydrogen) atoms. The molecule has 1 aromatic carbocycles. The summed E-state index contributed by atoms with van der Waals surface area (Å²) >= 11 is 0.